The molecule has 0 aliphatic carbocycles. The van der Waals surface area contributed by atoms with Crippen LogP contribution in [0.25, 0.3) is 0 Å². The van der Waals surface area contributed by atoms with Crippen LogP contribution in [0.1, 0.15) is 35.7 Å². The van der Waals surface area contributed by atoms with Crippen LogP contribution in [0.15, 0.2) is 30.5 Å². The number of amides is 2. The van der Waals surface area contributed by atoms with Crippen LogP contribution >= 0.6 is 0 Å². The molecule has 1 aromatic heterocycles. The van der Waals surface area contributed by atoms with E-state index in [2.05, 4.69) is 25.9 Å². The minimum Gasteiger partial charge on any atom is -0.368 e. The van der Waals surface area contributed by atoms with Gasteiger partial charge in [0, 0.05) is 51.3 Å². The van der Waals surface area contributed by atoms with Gasteiger partial charge in [-0.25, -0.2) is 4.68 Å². The quantitative estimate of drug-likeness (QED) is 0.732. The molecule has 0 radical (unpaired) electrons. The minimum atomic E-state index is -0.137. The highest BCUT2D eigenvalue weighted by molar-refractivity contribution is 6.05. The molecule has 8 heteroatoms. The zero-order valence-corrected chi connectivity index (χ0v) is 16.1. The Morgan fingerprint density at radius 2 is 2.07 bits per heavy atom. The third-order valence-electron chi connectivity index (χ3n) is 5.23. The molecule has 2 aromatic rings. The lowest BCUT2D eigenvalue weighted by atomic mass is 10.1. The highest BCUT2D eigenvalue weighted by Crippen LogP contribution is 2.24. The molecule has 0 bridgehead atoms. The summed E-state index contributed by atoms with van der Waals surface area (Å²) in [5.74, 6) is 0.762. The minimum absolute atomic E-state index is 0.0251. The van der Waals surface area contributed by atoms with Gasteiger partial charge in [0.15, 0.2) is 0 Å². The number of likely N-dealkylation sites (tertiary alicyclic amines) is 1. The normalized spacial score (nSPS) is 19.0. The molecule has 3 N–H and O–H groups in total. The summed E-state index contributed by atoms with van der Waals surface area (Å²) in [5, 5.41) is 13.5. The van der Waals surface area contributed by atoms with Gasteiger partial charge in [-0.15, -0.1) is 0 Å². The SMILES string of the molecule is CC(=O)N[C@@H]1CCN(Cc2ccc(C(=O)Nc3cnn4c3NCCC4)cc2)C1. The standard InChI is InChI=1S/C20H26N6O2/c1-14(27)23-17-7-10-25(13-17)12-15-3-5-16(6-4-15)20(28)24-18-11-22-26-9-2-8-21-19(18)26/h3-6,11,17,21H,2,7-10,12-13H2,1H3,(H,23,27)(H,24,28)/t17-/m1/s1. The number of nitrogens with zero attached hydrogens (tertiary/aromatic N) is 3. The van der Waals surface area contributed by atoms with Gasteiger partial charge >= 0.3 is 0 Å². The summed E-state index contributed by atoms with van der Waals surface area (Å²) in [4.78, 5) is 26.1. The molecule has 148 valence electrons. The highest BCUT2D eigenvalue weighted by atomic mass is 16.2. The first kappa shape index (κ1) is 18.5. The number of anilines is 2. The van der Waals surface area contributed by atoms with Crippen molar-refractivity contribution >= 4 is 23.3 Å². The molecule has 2 aliphatic heterocycles. The number of rotatable bonds is 5. The van der Waals surface area contributed by atoms with Crippen molar-refractivity contribution in [1.29, 1.82) is 0 Å². The summed E-state index contributed by atoms with van der Waals surface area (Å²) in [6.45, 7) is 5.96. The van der Waals surface area contributed by atoms with Gasteiger partial charge in [-0.1, -0.05) is 12.1 Å². The lowest BCUT2D eigenvalue weighted by Crippen LogP contribution is -2.35. The number of benzene rings is 1. The van der Waals surface area contributed by atoms with Crippen molar-refractivity contribution in [1.82, 2.24) is 20.0 Å². The zero-order chi connectivity index (χ0) is 19.5. The van der Waals surface area contributed by atoms with Crippen molar-refractivity contribution in [2.24, 2.45) is 0 Å². The summed E-state index contributed by atoms with van der Waals surface area (Å²) in [7, 11) is 0. The summed E-state index contributed by atoms with van der Waals surface area (Å²) in [5.41, 5.74) is 2.50. The molecule has 0 saturated carbocycles. The van der Waals surface area contributed by atoms with Gasteiger partial charge in [-0.05, 0) is 30.5 Å². The molecule has 0 unspecified atom stereocenters. The average Bonchev–Trinajstić information content (AvgIpc) is 3.29. The van der Waals surface area contributed by atoms with Crippen molar-refractivity contribution in [3.05, 3.63) is 41.6 Å². The molecule has 8 nitrogen and oxygen atoms in total. The zero-order valence-electron chi connectivity index (χ0n) is 16.1. The van der Waals surface area contributed by atoms with E-state index in [9.17, 15) is 9.59 Å². The van der Waals surface area contributed by atoms with Crippen molar-refractivity contribution in [2.75, 3.05) is 30.3 Å². The molecule has 4 rings (SSSR count). The number of hydrogen-bond acceptors (Lipinski definition) is 5. The first-order valence-electron chi connectivity index (χ1n) is 9.78. The Morgan fingerprint density at radius 1 is 1.25 bits per heavy atom. The van der Waals surface area contributed by atoms with Crippen LogP contribution < -0.4 is 16.0 Å². The van der Waals surface area contributed by atoms with Crippen LogP contribution in [0.3, 0.4) is 0 Å². The molecular weight excluding hydrogens is 356 g/mol. The lowest BCUT2D eigenvalue weighted by molar-refractivity contribution is -0.119. The van der Waals surface area contributed by atoms with Crippen LogP contribution in [-0.4, -0.2) is 52.2 Å². The number of fused-ring (bicyclic) bond motifs is 1. The summed E-state index contributed by atoms with van der Waals surface area (Å²) in [6, 6.07) is 7.93. The van der Waals surface area contributed by atoms with Crippen molar-refractivity contribution in [2.45, 2.75) is 38.9 Å². The lowest BCUT2D eigenvalue weighted by Gasteiger charge is -2.17. The van der Waals surface area contributed by atoms with E-state index in [4.69, 9.17) is 0 Å². The van der Waals surface area contributed by atoms with E-state index in [1.807, 2.05) is 28.9 Å². The van der Waals surface area contributed by atoms with Crippen LogP contribution in [0.4, 0.5) is 11.5 Å². The topological polar surface area (TPSA) is 91.3 Å². The van der Waals surface area contributed by atoms with Gasteiger partial charge in [0.1, 0.15) is 11.5 Å². The monoisotopic (exact) mass is 382 g/mol. The first-order valence-corrected chi connectivity index (χ1v) is 9.78. The summed E-state index contributed by atoms with van der Waals surface area (Å²) >= 11 is 0. The Morgan fingerprint density at radius 3 is 2.86 bits per heavy atom. The molecular formula is C20H26N6O2. The molecule has 1 aromatic carbocycles. The second-order valence-electron chi connectivity index (χ2n) is 7.48. The van der Waals surface area contributed by atoms with Gasteiger partial charge < -0.3 is 16.0 Å². The van der Waals surface area contributed by atoms with Gasteiger partial charge in [-0.3, -0.25) is 14.5 Å². The second-order valence-corrected chi connectivity index (χ2v) is 7.48. The van der Waals surface area contributed by atoms with E-state index in [0.29, 0.717) is 5.56 Å². The van der Waals surface area contributed by atoms with Crippen molar-refractivity contribution in [3.63, 3.8) is 0 Å². The van der Waals surface area contributed by atoms with E-state index < -0.39 is 0 Å². The fraction of sp³-hybridized carbons (Fsp3) is 0.450. The number of nitrogens with one attached hydrogen (secondary N) is 3. The van der Waals surface area contributed by atoms with E-state index in [0.717, 1.165) is 62.6 Å². The Bertz CT molecular complexity index is 860. The molecule has 1 saturated heterocycles. The second kappa shape index (κ2) is 8.02. The smallest absolute Gasteiger partial charge is 0.255 e. The Labute approximate surface area is 164 Å². The maximum atomic E-state index is 12.6. The predicted octanol–water partition coefficient (Wildman–Crippen LogP) is 1.66. The average molecular weight is 382 g/mol. The number of carbonyl (C=O) groups is 2. The fourth-order valence-corrected chi connectivity index (χ4v) is 3.86. The molecule has 1 fully saturated rings. The molecule has 2 amide bonds. The predicted molar refractivity (Wildman–Crippen MR) is 107 cm³/mol. The number of hydrogen-bond donors (Lipinski definition) is 3. The van der Waals surface area contributed by atoms with E-state index in [1.165, 1.54) is 0 Å². The number of aromatic nitrogens is 2. The van der Waals surface area contributed by atoms with E-state index >= 15 is 0 Å². The van der Waals surface area contributed by atoms with Crippen LogP contribution in [-0.2, 0) is 17.9 Å². The third kappa shape index (κ3) is 4.17. The Balaban J connectivity index is 1.34. The van der Waals surface area contributed by atoms with Gasteiger partial charge in [0.2, 0.25) is 5.91 Å². The van der Waals surface area contributed by atoms with Crippen LogP contribution in [0, 0.1) is 0 Å². The van der Waals surface area contributed by atoms with Gasteiger partial charge in [0.05, 0.1) is 6.20 Å². The molecule has 1 atom stereocenters. The Kier molecular flexibility index (Phi) is 5.29. The largest absolute Gasteiger partial charge is 0.368 e. The fourth-order valence-electron chi connectivity index (χ4n) is 3.86. The maximum Gasteiger partial charge on any atom is 0.255 e. The summed E-state index contributed by atoms with van der Waals surface area (Å²) < 4.78 is 1.88. The van der Waals surface area contributed by atoms with Crippen molar-refractivity contribution < 1.29 is 9.59 Å². The third-order valence-corrected chi connectivity index (χ3v) is 5.23. The van der Waals surface area contributed by atoms with Gasteiger partial charge in [-0.2, -0.15) is 5.10 Å². The molecule has 3 heterocycles. The first-order chi connectivity index (χ1) is 13.6. The molecule has 2 aliphatic rings. The number of aryl methyl sites for hydroxylation is 1. The van der Waals surface area contributed by atoms with Crippen molar-refractivity contribution in [3.8, 4) is 0 Å². The van der Waals surface area contributed by atoms with Crippen LogP contribution in [0.2, 0.25) is 0 Å². The van der Waals surface area contributed by atoms with E-state index in [1.54, 1.807) is 13.1 Å². The Hall–Kier alpha value is -2.87. The van der Waals surface area contributed by atoms with Crippen LogP contribution in [0.5, 0.6) is 0 Å². The van der Waals surface area contributed by atoms with Gasteiger partial charge in [0.25, 0.3) is 5.91 Å². The summed E-state index contributed by atoms with van der Waals surface area (Å²) in [6.07, 6.45) is 3.70. The highest BCUT2D eigenvalue weighted by Gasteiger charge is 2.23. The molecule has 0 spiro atoms. The maximum absolute atomic E-state index is 12.6. The molecule has 28 heavy (non-hydrogen) atoms. The number of carbonyl (C=O) groups excluding carboxylic acids is 2. The van der Waals surface area contributed by atoms with E-state index in [-0.39, 0.29) is 17.9 Å².